The zero-order valence-corrected chi connectivity index (χ0v) is 12.4. The first kappa shape index (κ1) is 16.0. The molecule has 0 bridgehead atoms. The lowest BCUT2D eigenvalue weighted by Gasteiger charge is -2.14. The fraction of sp³-hybridized carbons (Fsp3) is 0.312. The molecule has 22 heavy (non-hydrogen) atoms. The van der Waals surface area contributed by atoms with Crippen LogP contribution < -0.4 is 10.6 Å². The van der Waals surface area contributed by atoms with Gasteiger partial charge in [-0.15, -0.1) is 0 Å². The molecule has 0 saturated heterocycles. The molecule has 0 aliphatic rings. The highest BCUT2D eigenvalue weighted by atomic mass is 19.1. The average Bonchev–Trinajstić information content (AvgIpc) is 3.04. The highest BCUT2D eigenvalue weighted by Gasteiger charge is 2.10. The molecule has 5 nitrogen and oxygen atoms in total. The van der Waals surface area contributed by atoms with Gasteiger partial charge in [0.2, 0.25) is 0 Å². The smallest absolute Gasteiger partial charge is 0.191 e. The van der Waals surface area contributed by atoms with Crippen molar-refractivity contribution in [3.63, 3.8) is 0 Å². The summed E-state index contributed by atoms with van der Waals surface area (Å²) >= 11 is 0. The minimum atomic E-state index is -0.756. The van der Waals surface area contributed by atoms with Crippen LogP contribution in [0.15, 0.2) is 52.1 Å². The topological polar surface area (TPSA) is 69.8 Å². The molecule has 0 fully saturated rings. The predicted octanol–water partition coefficient (Wildman–Crippen LogP) is 2.21. The van der Waals surface area contributed by atoms with E-state index in [1.54, 1.807) is 18.2 Å². The Morgan fingerprint density at radius 1 is 1.32 bits per heavy atom. The lowest BCUT2D eigenvalue weighted by atomic mass is 10.2. The fourth-order valence-electron chi connectivity index (χ4n) is 1.92. The monoisotopic (exact) mass is 305 g/mol. The average molecular weight is 305 g/mol. The maximum Gasteiger partial charge on any atom is 0.191 e. The summed E-state index contributed by atoms with van der Waals surface area (Å²) in [4.78, 5) is 4.36. The molecule has 1 unspecified atom stereocenters. The van der Waals surface area contributed by atoms with Gasteiger partial charge in [-0.25, -0.2) is 9.38 Å². The van der Waals surface area contributed by atoms with E-state index in [-0.39, 0.29) is 12.4 Å². The van der Waals surface area contributed by atoms with E-state index in [4.69, 9.17) is 4.42 Å². The van der Waals surface area contributed by atoms with Crippen molar-refractivity contribution in [1.82, 2.24) is 10.6 Å². The van der Waals surface area contributed by atoms with Crippen molar-refractivity contribution in [2.45, 2.75) is 19.6 Å². The summed E-state index contributed by atoms with van der Waals surface area (Å²) in [6.45, 7) is 3.25. The Bertz CT molecular complexity index is 599. The molecule has 2 aromatic rings. The zero-order chi connectivity index (χ0) is 15.8. The van der Waals surface area contributed by atoms with Crippen molar-refractivity contribution in [3.8, 4) is 0 Å². The van der Waals surface area contributed by atoms with Crippen LogP contribution in [0.3, 0.4) is 0 Å². The van der Waals surface area contributed by atoms with Crippen LogP contribution in [0.4, 0.5) is 4.39 Å². The molecule has 0 amide bonds. The van der Waals surface area contributed by atoms with Crippen molar-refractivity contribution in [3.05, 3.63) is 59.8 Å². The Morgan fingerprint density at radius 2 is 2.18 bits per heavy atom. The Morgan fingerprint density at radius 3 is 2.86 bits per heavy atom. The van der Waals surface area contributed by atoms with E-state index in [0.717, 1.165) is 5.56 Å². The van der Waals surface area contributed by atoms with Crippen LogP contribution in [0.5, 0.6) is 0 Å². The van der Waals surface area contributed by atoms with Crippen LogP contribution in [0.25, 0.3) is 0 Å². The van der Waals surface area contributed by atoms with Crippen LogP contribution in [0, 0.1) is 5.82 Å². The summed E-state index contributed by atoms with van der Waals surface area (Å²) < 4.78 is 18.3. The molecule has 1 heterocycles. The second kappa shape index (κ2) is 8.19. The molecule has 0 spiro atoms. The van der Waals surface area contributed by atoms with Crippen molar-refractivity contribution in [2.75, 3.05) is 13.1 Å². The standard InChI is InChI=1S/C16H20FN3O2/c1-2-18-16(19-10-12-5-3-6-13(17)9-12)20-11-14(21)15-7-4-8-22-15/h3-9,14,21H,2,10-11H2,1H3,(H2,18,19,20). The van der Waals surface area contributed by atoms with Gasteiger partial charge < -0.3 is 20.2 Å². The maximum atomic E-state index is 13.1. The zero-order valence-electron chi connectivity index (χ0n) is 12.4. The molecular weight excluding hydrogens is 285 g/mol. The molecule has 0 aliphatic carbocycles. The molecule has 2 rings (SSSR count). The van der Waals surface area contributed by atoms with Gasteiger partial charge in [0.1, 0.15) is 17.7 Å². The Hall–Kier alpha value is -2.34. The minimum Gasteiger partial charge on any atom is -0.467 e. The van der Waals surface area contributed by atoms with E-state index in [0.29, 0.717) is 24.8 Å². The van der Waals surface area contributed by atoms with Crippen LogP contribution >= 0.6 is 0 Å². The van der Waals surface area contributed by atoms with Gasteiger partial charge in [0.05, 0.1) is 19.4 Å². The van der Waals surface area contributed by atoms with Crippen molar-refractivity contribution < 1.29 is 13.9 Å². The third kappa shape index (κ3) is 4.89. The van der Waals surface area contributed by atoms with Gasteiger partial charge in [-0.3, -0.25) is 0 Å². The molecule has 118 valence electrons. The number of nitrogens with one attached hydrogen (secondary N) is 2. The van der Waals surface area contributed by atoms with E-state index in [2.05, 4.69) is 15.6 Å². The van der Waals surface area contributed by atoms with Gasteiger partial charge in [0, 0.05) is 6.54 Å². The highest BCUT2D eigenvalue weighted by molar-refractivity contribution is 5.79. The first-order chi connectivity index (χ1) is 10.7. The number of aliphatic hydroxyl groups excluding tert-OH is 1. The van der Waals surface area contributed by atoms with Crippen molar-refractivity contribution >= 4 is 5.96 Å². The first-order valence-corrected chi connectivity index (χ1v) is 7.17. The fourth-order valence-corrected chi connectivity index (χ4v) is 1.92. The lowest BCUT2D eigenvalue weighted by Crippen LogP contribution is -2.39. The Kier molecular flexibility index (Phi) is 5.97. The number of rotatable bonds is 6. The summed E-state index contributed by atoms with van der Waals surface area (Å²) in [5, 5.41) is 16.1. The Balaban J connectivity index is 1.92. The number of hydrogen-bond acceptors (Lipinski definition) is 3. The molecule has 6 heteroatoms. The third-order valence-corrected chi connectivity index (χ3v) is 2.99. The summed E-state index contributed by atoms with van der Waals surface area (Å²) in [5.41, 5.74) is 0.781. The van der Waals surface area contributed by atoms with E-state index < -0.39 is 6.10 Å². The predicted molar refractivity (Wildman–Crippen MR) is 82.9 cm³/mol. The number of aliphatic hydroxyl groups is 1. The molecule has 0 aliphatic heterocycles. The van der Waals surface area contributed by atoms with Crippen molar-refractivity contribution in [1.29, 1.82) is 0 Å². The number of benzene rings is 1. The van der Waals surface area contributed by atoms with Gasteiger partial charge in [-0.2, -0.15) is 0 Å². The molecule has 1 aromatic heterocycles. The molecule has 0 saturated carbocycles. The van der Waals surface area contributed by atoms with Gasteiger partial charge in [0.15, 0.2) is 5.96 Å². The Labute approximate surface area is 128 Å². The summed E-state index contributed by atoms with van der Waals surface area (Å²) in [7, 11) is 0. The number of nitrogens with zero attached hydrogens (tertiary/aromatic N) is 1. The number of guanidine groups is 1. The molecular formula is C16H20FN3O2. The second-order valence-corrected chi connectivity index (χ2v) is 4.74. The summed E-state index contributed by atoms with van der Waals surface area (Å²) in [6, 6.07) is 9.75. The number of hydrogen-bond donors (Lipinski definition) is 3. The van der Waals surface area contributed by atoms with Crippen LogP contribution in [0.2, 0.25) is 0 Å². The second-order valence-electron chi connectivity index (χ2n) is 4.74. The molecule has 3 N–H and O–H groups in total. The number of aliphatic imine (C=N–C) groups is 1. The quantitative estimate of drug-likeness (QED) is 0.565. The summed E-state index contributed by atoms with van der Waals surface area (Å²) in [6.07, 6.45) is 0.759. The van der Waals surface area contributed by atoms with E-state index in [1.165, 1.54) is 18.4 Å². The summed E-state index contributed by atoms with van der Waals surface area (Å²) in [5.74, 6) is 0.768. The van der Waals surface area contributed by atoms with Crippen molar-refractivity contribution in [2.24, 2.45) is 4.99 Å². The minimum absolute atomic E-state index is 0.266. The van der Waals surface area contributed by atoms with Gasteiger partial charge >= 0.3 is 0 Å². The SMILES string of the molecule is CCNC(=NCc1cccc(F)c1)NCC(O)c1ccco1. The van der Waals surface area contributed by atoms with Gasteiger partial charge in [-0.05, 0) is 36.8 Å². The normalized spacial score (nSPS) is 13.0. The van der Waals surface area contributed by atoms with E-state index in [1.807, 2.05) is 13.0 Å². The maximum absolute atomic E-state index is 13.1. The molecule has 1 aromatic carbocycles. The third-order valence-electron chi connectivity index (χ3n) is 2.99. The molecule has 1 atom stereocenters. The van der Waals surface area contributed by atoms with Crippen LogP contribution in [0.1, 0.15) is 24.4 Å². The lowest BCUT2D eigenvalue weighted by molar-refractivity contribution is 0.153. The van der Waals surface area contributed by atoms with Gasteiger partial charge in [0.25, 0.3) is 0 Å². The van der Waals surface area contributed by atoms with Gasteiger partial charge in [-0.1, -0.05) is 12.1 Å². The first-order valence-electron chi connectivity index (χ1n) is 7.17. The van der Waals surface area contributed by atoms with E-state index in [9.17, 15) is 9.50 Å². The van der Waals surface area contributed by atoms with E-state index >= 15 is 0 Å². The molecule has 0 radical (unpaired) electrons. The van der Waals surface area contributed by atoms with Crippen LogP contribution in [-0.2, 0) is 6.54 Å². The number of furan rings is 1. The van der Waals surface area contributed by atoms with Crippen LogP contribution in [-0.4, -0.2) is 24.2 Å². The largest absolute Gasteiger partial charge is 0.467 e. The number of halogens is 1. The highest BCUT2D eigenvalue weighted by Crippen LogP contribution is 2.11.